The second kappa shape index (κ2) is 12.3. The maximum atomic E-state index is 5.81. The molecule has 0 amide bonds. The third kappa shape index (κ3) is 6.79. The molecule has 1 aliphatic rings. The Kier molecular flexibility index (Phi) is 9.07. The lowest BCUT2D eigenvalue weighted by Crippen LogP contribution is -1.94. The van der Waals surface area contributed by atoms with Crippen molar-refractivity contribution >= 4 is 11.8 Å². The van der Waals surface area contributed by atoms with Crippen LogP contribution in [0.1, 0.15) is 88.7 Å². The van der Waals surface area contributed by atoms with Crippen molar-refractivity contribution in [3.63, 3.8) is 0 Å². The molecule has 30 heavy (non-hydrogen) atoms. The van der Waals surface area contributed by atoms with E-state index in [1.54, 1.807) is 0 Å². The molecule has 162 valence electrons. The molecule has 0 radical (unpaired) electrons. The number of nitrogens with zero attached hydrogens (tertiary/aromatic N) is 1. The van der Waals surface area contributed by atoms with Crippen LogP contribution in [0, 0.1) is 0 Å². The first-order chi connectivity index (χ1) is 14.8. The number of hydrogen-bond acceptors (Lipinski definition) is 2. The van der Waals surface area contributed by atoms with Gasteiger partial charge in [0.2, 0.25) is 0 Å². The summed E-state index contributed by atoms with van der Waals surface area (Å²) in [7, 11) is 0. The molecule has 2 N–H and O–H groups in total. The first-order valence-corrected chi connectivity index (χ1v) is 11.8. The Morgan fingerprint density at radius 1 is 0.933 bits per heavy atom. The molecule has 0 saturated carbocycles. The van der Waals surface area contributed by atoms with E-state index in [-0.39, 0.29) is 0 Å². The Balaban J connectivity index is 1.47. The Bertz CT molecular complexity index is 840. The highest BCUT2D eigenvalue weighted by Gasteiger charge is 2.17. The summed E-state index contributed by atoms with van der Waals surface area (Å²) in [5.41, 5.74) is 5.18. The fraction of sp³-hybridized carbons (Fsp3) is 0.500. The predicted molar refractivity (Wildman–Crippen MR) is 127 cm³/mol. The van der Waals surface area contributed by atoms with Gasteiger partial charge in [0.1, 0.15) is 11.5 Å². The van der Waals surface area contributed by atoms with Crippen LogP contribution in [0.3, 0.4) is 0 Å². The predicted octanol–water partition coefficient (Wildman–Crippen LogP) is 7.18. The molecule has 3 rings (SSSR count). The summed E-state index contributed by atoms with van der Waals surface area (Å²) in [5.74, 6) is 0.831. The van der Waals surface area contributed by atoms with Crippen molar-refractivity contribution in [2.75, 3.05) is 6.61 Å². The minimum atomic E-state index is 0.630. The van der Waals surface area contributed by atoms with Crippen LogP contribution in [0.4, 0.5) is 0 Å². The van der Waals surface area contributed by atoms with Crippen LogP contribution in [0.25, 0.3) is 6.08 Å². The number of H-pyrrole nitrogens is 2. The van der Waals surface area contributed by atoms with Crippen molar-refractivity contribution in [2.45, 2.75) is 78.1 Å². The van der Waals surface area contributed by atoms with Crippen LogP contribution in [0.15, 0.2) is 53.0 Å². The van der Waals surface area contributed by atoms with Gasteiger partial charge in [-0.15, -0.1) is 0 Å². The van der Waals surface area contributed by atoms with Crippen LogP contribution < -0.4 is 0 Å². The molecule has 1 aliphatic heterocycles. The molecule has 0 aliphatic carbocycles. The third-order valence-corrected chi connectivity index (χ3v) is 5.55. The van der Waals surface area contributed by atoms with Crippen molar-refractivity contribution in [3.8, 4) is 0 Å². The molecule has 0 bridgehead atoms. The second-order valence-electron chi connectivity index (χ2n) is 8.07. The number of rotatable bonds is 14. The summed E-state index contributed by atoms with van der Waals surface area (Å²) >= 11 is 0. The van der Waals surface area contributed by atoms with Gasteiger partial charge >= 0.3 is 0 Å². The Hall–Kier alpha value is -2.49. The number of hydrogen-bond donors (Lipinski definition) is 2. The Morgan fingerprint density at radius 3 is 2.40 bits per heavy atom. The maximum Gasteiger partial charge on any atom is 0.147 e. The molecule has 2 aromatic heterocycles. The number of nitrogens with one attached hydrogen (secondary N) is 2. The minimum absolute atomic E-state index is 0.630. The van der Waals surface area contributed by atoms with Gasteiger partial charge in [0.05, 0.1) is 18.0 Å². The molecule has 0 saturated heterocycles. The molecule has 4 heteroatoms. The van der Waals surface area contributed by atoms with Crippen LogP contribution in [0.5, 0.6) is 0 Å². The van der Waals surface area contributed by atoms with Crippen LogP contribution in [0.2, 0.25) is 0 Å². The quantitative estimate of drug-likeness (QED) is 0.320. The number of aliphatic imine (C=N–C) groups is 1. The largest absolute Gasteiger partial charge is 0.492 e. The molecule has 0 unspecified atom stereocenters. The Morgan fingerprint density at radius 2 is 1.70 bits per heavy atom. The maximum absolute atomic E-state index is 5.81. The summed E-state index contributed by atoms with van der Waals surface area (Å²) in [4.78, 5) is 11.5. The number of aromatic amines is 2. The average molecular weight is 408 g/mol. The smallest absolute Gasteiger partial charge is 0.147 e. The van der Waals surface area contributed by atoms with Crippen LogP contribution >= 0.6 is 0 Å². The molecule has 0 atom stereocenters. The van der Waals surface area contributed by atoms with E-state index in [4.69, 9.17) is 9.73 Å². The molecular weight excluding hydrogens is 370 g/mol. The van der Waals surface area contributed by atoms with Crippen LogP contribution in [-0.2, 0) is 11.2 Å². The van der Waals surface area contributed by atoms with Crippen molar-refractivity contribution in [1.29, 1.82) is 0 Å². The van der Waals surface area contributed by atoms with Gasteiger partial charge in [0.15, 0.2) is 0 Å². The molecule has 4 nitrogen and oxygen atoms in total. The zero-order chi connectivity index (χ0) is 21.0. The van der Waals surface area contributed by atoms with Gasteiger partial charge in [-0.3, -0.25) is 0 Å². The van der Waals surface area contributed by atoms with Gasteiger partial charge in [-0.05, 0) is 50.1 Å². The zero-order valence-corrected chi connectivity index (χ0v) is 18.7. The number of ether oxygens (including phenoxy) is 1. The third-order valence-electron chi connectivity index (χ3n) is 5.55. The number of aromatic nitrogens is 2. The average Bonchev–Trinajstić information content (AvgIpc) is 3.49. The van der Waals surface area contributed by atoms with Crippen molar-refractivity contribution < 1.29 is 4.74 Å². The monoisotopic (exact) mass is 407 g/mol. The van der Waals surface area contributed by atoms with Crippen LogP contribution in [-0.4, -0.2) is 22.3 Å². The first kappa shape index (κ1) is 22.2. The van der Waals surface area contributed by atoms with E-state index in [0.717, 1.165) is 35.0 Å². The summed E-state index contributed by atoms with van der Waals surface area (Å²) in [6.45, 7) is 4.91. The summed E-state index contributed by atoms with van der Waals surface area (Å²) in [5, 5.41) is 0. The number of unbranched alkanes of at least 4 members (excludes halogenated alkanes) is 8. The van der Waals surface area contributed by atoms with Gasteiger partial charge in [0.25, 0.3) is 0 Å². The summed E-state index contributed by atoms with van der Waals surface area (Å²) in [6, 6.07) is 8.35. The van der Waals surface area contributed by atoms with Crippen molar-refractivity contribution in [2.24, 2.45) is 4.99 Å². The van der Waals surface area contributed by atoms with Crippen molar-refractivity contribution in [1.82, 2.24) is 9.97 Å². The second-order valence-corrected chi connectivity index (χ2v) is 8.07. The Labute approximate surface area is 181 Å². The van der Waals surface area contributed by atoms with E-state index in [9.17, 15) is 0 Å². The number of aryl methyl sites for hydroxylation is 1. The minimum Gasteiger partial charge on any atom is -0.492 e. The first-order valence-electron chi connectivity index (χ1n) is 11.8. The molecule has 0 fully saturated rings. The van der Waals surface area contributed by atoms with E-state index in [2.05, 4.69) is 35.1 Å². The highest BCUT2D eigenvalue weighted by atomic mass is 16.5. The van der Waals surface area contributed by atoms with E-state index in [0.29, 0.717) is 6.61 Å². The molecule has 3 heterocycles. The summed E-state index contributed by atoms with van der Waals surface area (Å²) < 4.78 is 5.81. The van der Waals surface area contributed by atoms with Gasteiger partial charge in [0, 0.05) is 23.7 Å². The lowest BCUT2D eigenvalue weighted by molar-refractivity contribution is 0.239. The standard InChI is InChI=1S/C26H37N3O/c1-3-5-6-7-8-9-10-11-12-14-21-16-17-22(28-21)19-25-26(30-4-2)20-24(29-25)23-15-13-18-27-23/h13,15-20,27-28H,3-12,14H2,1-2H3/b25-19-. The zero-order valence-electron chi connectivity index (χ0n) is 18.7. The fourth-order valence-corrected chi connectivity index (χ4v) is 3.88. The molecular formula is C26H37N3O. The SMILES string of the molecule is CCCCCCCCCCCc1ccc(/C=C2\N=C(c3ccc[nH]3)C=C2OCC)[nH]1. The molecule has 0 aromatic carbocycles. The highest BCUT2D eigenvalue weighted by molar-refractivity contribution is 6.11. The van der Waals surface area contributed by atoms with E-state index < -0.39 is 0 Å². The highest BCUT2D eigenvalue weighted by Crippen LogP contribution is 2.25. The lowest BCUT2D eigenvalue weighted by atomic mass is 10.1. The van der Waals surface area contributed by atoms with Gasteiger partial charge in [-0.25, -0.2) is 4.99 Å². The van der Waals surface area contributed by atoms with E-state index in [1.165, 1.54) is 63.5 Å². The van der Waals surface area contributed by atoms with Crippen molar-refractivity contribution in [3.05, 3.63) is 65.1 Å². The fourth-order valence-electron chi connectivity index (χ4n) is 3.88. The lowest BCUT2D eigenvalue weighted by Gasteiger charge is -2.04. The van der Waals surface area contributed by atoms with E-state index >= 15 is 0 Å². The molecule has 2 aromatic rings. The normalized spacial score (nSPS) is 14.9. The summed E-state index contributed by atoms with van der Waals surface area (Å²) in [6.07, 6.45) is 19.4. The van der Waals surface area contributed by atoms with E-state index in [1.807, 2.05) is 31.3 Å². The topological polar surface area (TPSA) is 53.2 Å². The molecule has 0 spiro atoms. The van der Waals surface area contributed by atoms with Gasteiger partial charge < -0.3 is 14.7 Å². The van der Waals surface area contributed by atoms with Gasteiger partial charge in [-0.2, -0.15) is 0 Å². The van der Waals surface area contributed by atoms with Gasteiger partial charge in [-0.1, -0.05) is 58.3 Å². The number of allylic oxidation sites excluding steroid dienone is 1.